The number of piperazine rings is 1. The van der Waals surface area contributed by atoms with Crippen molar-refractivity contribution in [1.82, 2.24) is 10.2 Å². The van der Waals surface area contributed by atoms with Crippen molar-refractivity contribution in [3.8, 4) is 11.5 Å². The third kappa shape index (κ3) is 11.2. The molecule has 0 spiro atoms. The highest BCUT2D eigenvalue weighted by Gasteiger charge is 2.40. The topological polar surface area (TPSA) is 195 Å². The number of fused-ring (bicyclic) bond motifs is 2. The van der Waals surface area contributed by atoms with Gasteiger partial charge in [0, 0.05) is 69.5 Å². The molecule has 0 amide bonds. The molecule has 3 heterocycles. The first kappa shape index (κ1) is 44.2. The Bertz CT molecular complexity index is 1750. The Morgan fingerprint density at radius 2 is 1.17 bits per heavy atom. The van der Waals surface area contributed by atoms with E-state index >= 15 is 0 Å². The first-order valence-electron chi connectivity index (χ1n) is 21.8. The van der Waals surface area contributed by atoms with Gasteiger partial charge in [-0.3, -0.25) is 24.1 Å². The van der Waals surface area contributed by atoms with Crippen molar-refractivity contribution in [2.75, 3.05) is 39.3 Å². The predicted octanol–water partition coefficient (Wildman–Crippen LogP) is 4.46. The van der Waals surface area contributed by atoms with Crippen LogP contribution in [0.15, 0.2) is 36.4 Å². The van der Waals surface area contributed by atoms with Crippen LogP contribution in [0.4, 0.5) is 0 Å². The normalized spacial score (nSPS) is 27.2. The molecule has 12 nitrogen and oxygen atoms in total. The fourth-order valence-corrected chi connectivity index (χ4v) is 10.2. The number of nitrogens with one attached hydrogen (secondary N) is 1. The number of para-hydroxylation sites is 2. The average Bonchev–Trinajstić information content (AvgIpc) is 3.21. The highest BCUT2D eigenvalue weighted by molar-refractivity contribution is 6.47. The highest BCUT2D eigenvalue weighted by atomic mass is 16.5. The molecule has 5 aliphatic rings. The molecule has 58 heavy (non-hydrogen) atoms. The number of Topliss-reactive ketones (excluding diaryl/α,β-unsaturated/α-hetero) is 4. The van der Waals surface area contributed by atoms with Gasteiger partial charge < -0.3 is 36.1 Å². The van der Waals surface area contributed by atoms with Crippen molar-refractivity contribution in [1.29, 1.82) is 0 Å². The zero-order valence-corrected chi connectivity index (χ0v) is 34.5. The molecule has 1 saturated heterocycles. The lowest BCUT2D eigenvalue weighted by molar-refractivity contribution is -0.121. The summed E-state index contributed by atoms with van der Waals surface area (Å²) in [7, 11) is -2.10. The van der Waals surface area contributed by atoms with E-state index in [0.29, 0.717) is 97.5 Å². The minimum absolute atomic E-state index is 0.0787. The van der Waals surface area contributed by atoms with Crippen LogP contribution in [0.1, 0.15) is 116 Å². The molecule has 5 atom stereocenters. The zero-order chi connectivity index (χ0) is 41.3. The van der Waals surface area contributed by atoms with Crippen molar-refractivity contribution in [2.24, 2.45) is 35.1 Å². The van der Waals surface area contributed by atoms with Crippen LogP contribution in [0.25, 0.3) is 0 Å². The van der Waals surface area contributed by atoms with E-state index in [9.17, 15) is 29.2 Å². The van der Waals surface area contributed by atoms with Crippen molar-refractivity contribution in [2.45, 2.75) is 115 Å². The highest BCUT2D eigenvalue weighted by Crippen LogP contribution is 2.40. The van der Waals surface area contributed by atoms with Crippen molar-refractivity contribution in [3.63, 3.8) is 0 Å². The predicted molar refractivity (Wildman–Crippen MR) is 226 cm³/mol. The SMILES string of the molecule is CC(=O)c1cccc2c1OB(O)[C@@H](CC(=O)CC1CCC(N3CCNCC3)CC1)C2.CC(=O)c1cccc2c1OB(O)[C@@H](CC(=O)C[C@@H]1CC[C@@H](CN)[C@H](CN)C1)C2. The number of hydrogen-bond acceptors (Lipinski definition) is 12. The average molecular weight is 799 g/mol. The van der Waals surface area contributed by atoms with Gasteiger partial charge in [0.15, 0.2) is 11.6 Å². The maximum atomic E-state index is 12.8. The van der Waals surface area contributed by atoms with E-state index in [0.717, 1.165) is 69.4 Å². The first-order chi connectivity index (χ1) is 27.9. The Morgan fingerprint density at radius 1 is 0.690 bits per heavy atom. The van der Waals surface area contributed by atoms with Gasteiger partial charge in [-0.25, -0.2) is 0 Å². The summed E-state index contributed by atoms with van der Waals surface area (Å²) in [4.78, 5) is 51.6. The van der Waals surface area contributed by atoms with E-state index in [4.69, 9.17) is 20.8 Å². The molecule has 3 fully saturated rings. The molecule has 0 aromatic heterocycles. The summed E-state index contributed by atoms with van der Waals surface area (Å²) >= 11 is 0. The largest absolute Gasteiger partial charge is 0.535 e. The molecule has 7 rings (SSSR count). The van der Waals surface area contributed by atoms with Crippen LogP contribution in [-0.4, -0.2) is 97.6 Å². The number of carbonyl (C=O) groups excluding carboxylic acids is 4. The number of ketones is 4. The molecular weight excluding hydrogens is 734 g/mol. The third-order valence-electron chi connectivity index (χ3n) is 13.6. The first-order valence-corrected chi connectivity index (χ1v) is 21.8. The monoisotopic (exact) mass is 798 g/mol. The van der Waals surface area contributed by atoms with Gasteiger partial charge in [0.1, 0.15) is 23.1 Å². The van der Waals surface area contributed by atoms with Gasteiger partial charge in [-0.15, -0.1) is 0 Å². The van der Waals surface area contributed by atoms with Gasteiger partial charge in [0.2, 0.25) is 0 Å². The van der Waals surface area contributed by atoms with Crippen LogP contribution in [0.3, 0.4) is 0 Å². The standard InChI is InChI=1S/C23H33BN2O4.C21H31BN2O4/c1-16(27)22-4-2-3-18-14-19(24(29)30-23(18)22)15-21(28)13-17-5-7-20(8-6-17)26-11-9-25-10-12-26;1-13(25)20-4-2-3-15-9-18(22(27)28-21(15)20)10-19(26)8-14-5-6-16(11-23)17(7-14)12-24/h2-4,17,19-20,25,29H,5-15H2,1H3;2-4,14,16-18,27H,5-12,23-24H2,1H3/t17?,19-,20?;14-,16+,17+,18-/m11/s1. The van der Waals surface area contributed by atoms with E-state index in [-0.39, 0.29) is 41.2 Å². The number of carbonyl (C=O) groups is 4. The zero-order valence-electron chi connectivity index (χ0n) is 34.5. The maximum absolute atomic E-state index is 12.8. The molecule has 7 N–H and O–H groups in total. The van der Waals surface area contributed by atoms with Crippen LogP contribution < -0.4 is 26.1 Å². The van der Waals surface area contributed by atoms with Crippen molar-refractivity contribution < 1.29 is 38.5 Å². The Kier molecular flexibility index (Phi) is 15.8. The molecule has 0 bridgehead atoms. The van der Waals surface area contributed by atoms with Gasteiger partial charge >= 0.3 is 14.2 Å². The second kappa shape index (κ2) is 20.7. The summed E-state index contributed by atoms with van der Waals surface area (Å²) in [5, 5.41) is 24.3. The Hall–Kier alpha value is -3.39. The van der Waals surface area contributed by atoms with Crippen LogP contribution in [0.2, 0.25) is 11.6 Å². The van der Waals surface area contributed by atoms with Crippen LogP contribution in [0, 0.1) is 23.7 Å². The molecule has 2 aliphatic carbocycles. The smallest absolute Gasteiger partial charge is 0.526 e. The summed E-state index contributed by atoms with van der Waals surface area (Å²) in [6, 6.07) is 11.6. The van der Waals surface area contributed by atoms with Crippen LogP contribution in [0.5, 0.6) is 11.5 Å². The van der Waals surface area contributed by atoms with Crippen LogP contribution >= 0.6 is 0 Å². The van der Waals surface area contributed by atoms with Gasteiger partial charge in [-0.2, -0.15) is 0 Å². The number of hydrogen-bond donors (Lipinski definition) is 5. The lowest BCUT2D eigenvalue weighted by Gasteiger charge is -2.39. The molecule has 2 aromatic carbocycles. The van der Waals surface area contributed by atoms with Crippen molar-refractivity contribution in [3.05, 3.63) is 58.7 Å². The molecular formula is C44H64B2N4O8. The van der Waals surface area contributed by atoms with E-state index < -0.39 is 14.2 Å². The summed E-state index contributed by atoms with van der Waals surface area (Å²) in [6.45, 7) is 8.71. The summed E-state index contributed by atoms with van der Waals surface area (Å²) < 4.78 is 11.3. The maximum Gasteiger partial charge on any atom is 0.526 e. The fourth-order valence-electron chi connectivity index (χ4n) is 10.2. The third-order valence-corrected chi connectivity index (χ3v) is 13.6. The second-order valence-corrected chi connectivity index (χ2v) is 17.7. The number of benzene rings is 2. The second-order valence-electron chi connectivity index (χ2n) is 17.7. The van der Waals surface area contributed by atoms with Crippen LogP contribution in [-0.2, 0) is 22.4 Å². The molecule has 2 saturated carbocycles. The van der Waals surface area contributed by atoms with E-state index in [1.54, 1.807) is 12.1 Å². The lowest BCUT2D eigenvalue weighted by atomic mass is 9.63. The van der Waals surface area contributed by atoms with Gasteiger partial charge in [0.05, 0.1) is 11.1 Å². The van der Waals surface area contributed by atoms with Gasteiger partial charge in [0.25, 0.3) is 0 Å². The van der Waals surface area contributed by atoms with Gasteiger partial charge in [-0.05, 0) is 132 Å². The summed E-state index contributed by atoms with van der Waals surface area (Å²) in [6.07, 6.45) is 10.5. The Morgan fingerprint density at radius 3 is 1.66 bits per heavy atom. The van der Waals surface area contributed by atoms with E-state index in [1.807, 2.05) is 24.3 Å². The number of rotatable bonds is 13. The lowest BCUT2D eigenvalue weighted by Crippen LogP contribution is -2.49. The fraction of sp³-hybridized carbons (Fsp3) is 0.636. The summed E-state index contributed by atoms with van der Waals surface area (Å²) in [5.41, 5.74) is 14.5. The minimum atomic E-state index is -1.07. The molecule has 3 aliphatic heterocycles. The Labute approximate surface area is 344 Å². The number of nitrogens with two attached hydrogens (primary N) is 2. The van der Waals surface area contributed by atoms with E-state index in [2.05, 4.69) is 10.2 Å². The number of nitrogens with zero attached hydrogens (tertiary/aromatic N) is 1. The molecule has 0 unspecified atom stereocenters. The summed E-state index contributed by atoms with van der Waals surface area (Å²) in [5.74, 6) is 2.30. The molecule has 2 aromatic rings. The minimum Gasteiger partial charge on any atom is -0.535 e. The van der Waals surface area contributed by atoms with Gasteiger partial charge in [-0.1, -0.05) is 24.3 Å². The Balaban J connectivity index is 0.000000196. The molecule has 14 heteroatoms. The molecule has 314 valence electrons. The van der Waals surface area contributed by atoms with Crippen molar-refractivity contribution >= 4 is 37.4 Å². The molecule has 0 radical (unpaired) electrons. The quantitative estimate of drug-likeness (QED) is 0.141. The van der Waals surface area contributed by atoms with E-state index in [1.165, 1.54) is 26.7 Å².